The normalized spacial score (nSPS) is 15.0. The molecule has 1 aliphatic heterocycles. The maximum atomic E-state index is 4.93. The van der Waals surface area contributed by atoms with Crippen LogP contribution < -0.4 is 0 Å². The van der Waals surface area contributed by atoms with Crippen molar-refractivity contribution in [2.75, 3.05) is 27.2 Å². The second-order valence-electron chi connectivity index (χ2n) is 8.85. The number of likely N-dealkylation sites (tertiary alicyclic amines) is 1. The summed E-state index contributed by atoms with van der Waals surface area (Å²) in [5.74, 6) is 0.719. The number of piperidine rings is 1. The largest absolute Gasteiger partial charge is 0.370 e. The Labute approximate surface area is 193 Å². The van der Waals surface area contributed by atoms with Crippen LogP contribution in [0.5, 0.6) is 0 Å². The molecule has 1 saturated heterocycles. The molecule has 0 atom stereocenters. The van der Waals surface area contributed by atoms with Gasteiger partial charge in [0, 0.05) is 37.6 Å². The number of fused-ring (bicyclic) bond motifs is 1. The Morgan fingerprint density at radius 3 is 2.76 bits per heavy atom. The Kier molecular flexibility index (Phi) is 5.92. The van der Waals surface area contributed by atoms with Gasteiger partial charge in [-0.15, -0.1) is 0 Å². The van der Waals surface area contributed by atoms with Crippen molar-refractivity contribution in [1.29, 1.82) is 0 Å². The molecule has 0 amide bonds. The predicted octanol–water partition coefficient (Wildman–Crippen LogP) is 4.32. The van der Waals surface area contributed by atoms with Gasteiger partial charge in [0.05, 0.1) is 28.8 Å². The second-order valence-corrected chi connectivity index (χ2v) is 8.85. The van der Waals surface area contributed by atoms with Gasteiger partial charge in [-0.2, -0.15) is 5.10 Å². The number of aromatic amines is 2. The quantitative estimate of drug-likeness (QED) is 0.462. The van der Waals surface area contributed by atoms with Gasteiger partial charge in [0.2, 0.25) is 0 Å². The average molecular weight is 443 g/mol. The molecule has 170 valence electrons. The average Bonchev–Trinajstić information content (AvgIpc) is 3.47. The molecule has 0 radical (unpaired) electrons. The van der Waals surface area contributed by atoms with E-state index in [1.54, 1.807) is 0 Å². The number of nitrogens with one attached hydrogen (secondary N) is 2. The smallest absolute Gasteiger partial charge is 0.160 e. The molecule has 8 nitrogen and oxygen atoms in total. The van der Waals surface area contributed by atoms with Crippen molar-refractivity contribution in [3.8, 4) is 22.8 Å². The van der Waals surface area contributed by atoms with Crippen LogP contribution in [0.2, 0.25) is 0 Å². The molecule has 0 unspecified atom stereocenters. The highest BCUT2D eigenvalue weighted by Crippen LogP contribution is 2.28. The van der Waals surface area contributed by atoms with Crippen molar-refractivity contribution in [3.63, 3.8) is 0 Å². The van der Waals surface area contributed by atoms with E-state index in [-0.39, 0.29) is 0 Å². The second kappa shape index (κ2) is 9.15. The highest BCUT2D eigenvalue weighted by atomic mass is 15.2. The fourth-order valence-electron chi connectivity index (χ4n) is 4.52. The lowest BCUT2D eigenvalue weighted by Gasteiger charge is -2.30. The Morgan fingerprint density at radius 1 is 1.12 bits per heavy atom. The molecule has 0 aromatic carbocycles. The van der Waals surface area contributed by atoms with E-state index in [1.165, 1.54) is 25.0 Å². The molecule has 0 bridgehead atoms. The van der Waals surface area contributed by atoms with Crippen molar-refractivity contribution >= 4 is 16.7 Å². The lowest BCUT2D eigenvalue weighted by atomic mass is 10.1. The third-order valence-electron chi connectivity index (χ3n) is 6.04. The highest BCUT2D eigenvalue weighted by Gasteiger charge is 2.19. The first kappa shape index (κ1) is 21.3. The minimum absolute atomic E-state index is 0.719. The van der Waals surface area contributed by atoms with E-state index in [9.17, 15) is 0 Å². The molecule has 5 heterocycles. The van der Waals surface area contributed by atoms with Crippen LogP contribution in [-0.2, 0) is 6.54 Å². The number of hydrogen-bond donors (Lipinski definition) is 2. The monoisotopic (exact) mass is 442 g/mol. The fraction of sp³-hybridized carbons (Fsp3) is 0.360. The molecular formula is C25H30N8. The Bertz CT molecular complexity index is 1280. The van der Waals surface area contributed by atoms with Gasteiger partial charge in [0.1, 0.15) is 5.52 Å². The minimum Gasteiger partial charge on any atom is -0.370 e. The Balaban J connectivity index is 1.48. The van der Waals surface area contributed by atoms with Crippen LogP contribution >= 0.6 is 0 Å². The van der Waals surface area contributed by atoms with E-state index >= 15 is 0 Å². The third-order valence-corrected chi connectivity index (χ3v) is 6.04. The van der Waals surface area contributed by atoms with Crippen LogP contribution in [0, 0.1) is 0 Å². The standard InChI is InChI=1S/C25H30N8/c1-4-22(33-10-6-5-7-11-33)21-15-27-25(29-21)24-23-20(30-31-24)9-8-19(28-23)18-12-17(13-26-14-18)16-32(2)3/h4,8-9,12-15H,5-7,10-11,16H2,1-3H3,(H,27,29)(H,30,31)/b22-4+. The van der Waals surface area contributed by atoms with Gasteiger partial charge in [-0.3, -0.25) is 10.1 Å². The first-order valence-electron chi connectivity index (χ1n) is 11.5. The number of H-pyrrole nitrogens is 2. The van der Waals surface area contributed by atoms with Gasteiger partial charge in [0.15, 0.2) is 11.5 Å². The first-order valence-corrected chi connectivity index (χ1v) is 11.5. The minimum atomic E-state index is 0.719. The summed E-state index contributed by atoms with van der Waals surface area (Å²) in [5, 5.41) is 7.63. The summed E-state index contributed by atoms with van der Waals surface area (Å²) in [6, 6.07) is 6.16. The van der Waals surface area contributed by atoms with Gasteiger partial charge in [-0.25, -0.2) is 9.97 Å². The van der Waals surface area contributed by atoms with E-state index in [0.29, 0.717) is 0 Å². The summed E-state index contributed by atoms with van der Waals surface area (Å²) in [4.78, 5) is 22.1. The first-order chi connectivity index (χ1) is 16.1. The number of allylic oxidation sites excluding steroid dienone is 1. The zero-order valence-electron chi connectivity index (χ0n) is 19.5. The molecule has 0 spiro atoms. The number of hydrogen-bond acceptors (Lipinski definition) is 6. The summed E-state index contributed by atoms with van der Waals surface area (Å²) in [6.45, 7) is 5.09. The highest BCUT2D eigenvalue weighted by molar-refractivity contribution is 5.89. The molecule has 8 heteroatoms. The van der Waals surface area contributed by atoms with Gasteiger partial charge in [-0.1, -0.05) is 6.08 Å². The lowest BCUT2D eigenvalue weighted by Crippen LogP contribution is -2.28. The van der Waals surface area contributed by atoms with Crippen LogP contribution in [0.15, 0.2) is 42.9 Å². The van der Waals surface area contributed by atoms with E-state index in [4.69, 9.17) is 4.98 Å². The SMILES string of the molecule is C/C=C(\c1cnc(-c2n[nH]c3ccc(-c4cncc(CN(C)C)c4)nc23)[nH]1)N1CCCCC1. The van der Waals surface area contributed by atoms with Crippen LogP contribution in [0.3, 0.4) is 0 Å². The number of imidazole rings is 1. The number of rotatable bonds is 6. The molecule has 5 rings (SSSR count). The summed E-state index contributed by atoms with van der Waals surface area (Å²) >= 11 is 0. The Hall–Kier alpha value is -3.52. The maximum Gasteiger partial charge on any atom is 0.160 e. The molecular weight excluding hydrogens is 412 g/mol. The topological polar surface area (TPSA) is 89.6 Å². The van der Waals surface area contributed by atoms with Crippen molar-refractivity contribution in [1.82, 2.24) is 39.9 Å². The van der Waals surface area contributed by atoms with Crippen LogP contribution in [0.1, 0.15) is 37.4 Å². The van der Waals surface area contributed by atoms with Gasteiger partial charge in [0.25, 0.3) is 0 Å². The van der Waals surface area contributed by atoms with Crippen LogP contribution in [0.4, 0.5) is 0 Å². The Morgan fingerprint density at radius 2 is 1.97 bits per heavy atom. The van der Waals surface area contributed by atoms with Gasteiger partial charge < -0.3 is 14.8 Å². The molecule has 0 saturated carbocycles. The van der Waals surface area contributed by atoms with Crippen molar-refractivity contribution < 1.29 is 0 Å². The molecule has 4 aromatic rings. The molecule has 33 heavy (non-hydrogen) atoms. The maximum absolute atomic E-state index is 4.93. The van der Waals surface area contributed by atoms with Crippen molar-refractivity contribution in [2.45, 2.75) is 32.7 Å². The zero-order chi connectivity index (χ0) is 22.8. The molecule has 4 aromatic heterocycles. The summed E-state index contributed by atoms with van der Waals surface area (Å²) in [6.07, 6.45) is 11.6. The van der Waals surface area contributed by atoms with Crippen molar-refractivity contribution in [2.24, 2.45) is 0 Å². The van der Waals surface area contributed by atoms with Gasteiger partial charge >= 0.3 is 0 Å². The molecule has 1 fully saturated rings. The van der Waals surface area contributed by atoms with E-state index in [1.807, 2.05) is 30.7 Å². The van der Waals surface area contributed by atoms with E-state index in [0.717, 1.165) is 64.7 Å². The predicted molar refractivity (Wildman–Crippen MR) is 131 cm³/mol. The lowest BCUT2D eigenvalue weighted by molar-refractivity contribution is 0.325. The van der Waals surface area contributed by atoms with Crippen molar-refractivity contribution in [3.05, 3.63) is 54.1 Å². The third kappa shape index (κ3) is 4.39. The molecule has 0 aliphatic carbocycles. The zero-order valence-corrected chi connectivity index (χ0v) is 19.5. The summed E-state index contributed by atoms with van der Waals surface area (Å²) in [7, 11) is 4.10. The fourth-order valence-corrected chi connectivity index (χ4v) is 4.52. The number of nitrogens with zero attached hydrogens (tertiary/aromatic N) is 6. The van der Waals surface area contributed by atoms with Crippen LogP contribution in [0.25, 0.3) is 39.5 Å². The molecule has 2 N–H and O–H groups in total. The van der Waals surface area contributed by atoms with Crippen LogP contribution in [-0.4, -0.2) is 67.1 Å². The molecule has 1 aliphatic rings. The number of pyridine rings is 2. The summed E-state index contributed by atoms with van der Waals surface area (Å²) < 4.78 is 0. The van der Waals surface area contributed by atoms with E-state index in [2.05, 4.69) is 68.1 Å². The number of aromatic nitrogens is 6. The van der Waals surface area contributed by atoms with Gasteiger partial charge in [-0.05, 0) is 64.0 Å². The van der Waals surface area contributed by atoms with E-state index < -0.39 is 0 Å². The summed E-state index contributed by atoms with van der Waals surface area (Å²) in [5.41, 5.74) is 7.63.